The molecule has 1 rings (SSSR count). The minimum absolute atomic E-state index is 0.318. The van der Waals surface area contributed by atoms with E-state index in [1.165, 1.54) is 18.5 Å². The van der Waals surface area contributed by atoms with Crippen molar-refractivity contribution in [2.45, 2.75) is 13.3 Å². The van der Waals surface area contributed by atoms with E-state index in [2.05, 4.69) is 0 Å². The van der Waals surface area contributed by atoms with E-state index in [0.29, 0.717) is 18.0 Å². The molecule has 0 amide bonds. The first-order chi connectivity index (χ1) is 6.27. The Morgan fingerprint density at radius 2 is 2.46 bits per heavy atom. The maximum absolute atomic E-state index is 10.4. The number of ether oxygens (including phenoxy) is 1. The highest BCUT2D eigenvalue weighted by atomic mass is 16.5. The van der Waals surface area contributed by atoms with Crippen molar-refractivity contribution in [3.8, 4) is 5.75 Å². The normalized spacial score (nSPS) is 9.62. The number of rotatable bonds is 4. The number of nitrogens with one attached hydrogen (secondary N) is 1. The number of hydrogen-bond donors (Lipinski definition) is 2. The second-order valence-electron chi connectivity index (χ2n) is 2.55. The van der Waals surface area contributed by atoms with Gasteiger partial charge in [0, 0.05) is 14.8 Å². The van der Waals surface area contributed by atoms with Crippen LogP contribution in [0.1, 0.15) is 13.3 Å². The number of aromatic nitrogens is 1. The van der Waals surface area contributed by atoms with Crippen LogP contribution in [0.3, 0.4) is 0 Å². The highest BCUT2D eigenvalue weighted by Crippen LogP contribution is 2.15. The highest BCUT2D eigenvalue weighted by Gasteiger charge is 2.15. The SMILES string of the molecule is CCCOc1c[n+](O)ccc1[NH+]=O. The van der Waals surface area contributed by atoms with Crippen molar-refractivity contribution in [3.63, 3.8) is 0 Å². The number of nitrogens with zero attached hydrogens (tertiary/aromatic N) is 1. The first-order valence-electron chi connectivity index (χ1n) is 4.03. The van der Waals surface area contributed by atoms with E-state index in [0.717, 1.165) is 11.2 Å². The van der Waals surface area contributed by atoms with Gasteiger partial charge >= 0.3 is 5.69 Å². The van der Waals surface area contributed by atoms with Crippen LogP contribution < -0.4 is 14.6 Å². The third-order valence-corrected chi connectivity index (χ3v) is 1.48. The molecule has 1 aromatic rings. The van der Waals surface area contributed by atoms with Crippen LogP contribution in [0.15, 0.2) is 18.5 Å². The lowest BCUT2D eigenvalue weighted by Gasteiger charge is -1.99. The third kappa shape index (κ3) is 2.40. The molecule has 0 aliphatic carbocycles. The quantitative estimate of drug-likeness (QED) is 0.489. The van der Waals surface area contributed by atoms with Gasteiger partial charge in [0.1, 0.15) is 0 Å². The van der Waals surface area contributed by atoms with Crippen LogP contribution in [-0.2, 0) is 0 Å². The van der Waals surface area contributed by atoms with Gasteiger partial charge in [-0.1, -0.05) is 6.92 Å². The molecule has 1 aromatic heterocycles. The van der Waals surface area contributed by atoms with Crippen molar-refractivity contribution in [1.82, 2.24) is 0 Å². The van der Waals surface area contributed by atoms with Crippen LogP contribution in [0.5, 0.6) is 5.75 Å². The molecule has 0 unspecified atom stereocenters. The van der Waals surface area contributed by atoms with Crippen molar-refractivity contribution < 1.29 is 19.9 Å². The summed E-state index contributed by atoms with van der Waals surface area (Å²) in [5, 5.41) is 10.8. The van der Waals surface area contributed by atoms with E-state index < -0.39 is 0 Å². The van der Waals surface area contributed by atoms with Gasteiger partial charge in [-0.2, -0.15) is 0 Å². The lowest BCUT2D eigenvalue weighted by Crippen LogP contribution is -2.56. The fourth-order valence-corrected chi connectivity index (χ4v) is 0.877. The lowest BCUT2D eigenvalue weighted by atomic mass is 10.4. The van der Waals surface area contributed by atoms with Crippen LogP contribution in [-0.4, -0.2) is 11.8 Å². The zero-order chi connectivity index (χ0) is 9.68. The largest absolute Gasteiger partial charge is 0.483 e. The minimum atomic E-state index is 0.318. The molecule has 0 fully saturated rings. The van der Waals surface area contributed by atoms with E-state index >= 15 is 0 Å². The molecule has 0 aliphatic rings. The van der Waals surface area contributed by atoms with Crippen molar-refractivity contribution in [1.29, 1.82) is 0 Å². The number of pyridine rings is 1. The lowest BCUT2D eigenvalue weighted by molar-refractivity contribution is -0.905. The minimum Gasteiger partial charge on any atom is -0.483 e. The average Bonchev–Trinajstić information content (AvgIpc) is 2.15. The molecule has 2 N–H and O–H groups in total. The Balaban J connectivity index is 2.87. The number of hydrogen-bond acceptors (Lipinski definition) is 3. The molecule has 0 spiro atoms. The van der Waals surface area contributed by atoms with Crippen LogP contribution in [0.2, 0.25) is 0 Å². The summed E-state index contributed by atoms with van der Waals surface area (Å²) in [7, 11) is 0. The number of nitroso groups, excluding NO2 is 1. The summed E-state index contributed by atoms with van der Waals surface area (Å²) in [5.74, 6) is 0.349. The molecule has 70 valence electrons. The Hall–Kier alpha value is -1.65. The standard InChI is InChI=1S/C8H11N2O3/c1-2-5-13-8-6-10(12)4-3-7(8)9-11/h3-4,6,12H,2,5H2,1H3/q+1/p+1. The van der Waals surface area contributed by atoms with Gasteiger partial charge in [0.05, 0.1) is 12.7 Å². The predicted molar refractivity (Wildman–Crippen MR) is 43.6 cm³/mol. The molecular formula is C8H12N2O3+2. The van der Waals surface area contributed by atoms with E-state index in [4.69, 9.17) is 9.94 Å². The zero-order valence-electron chi connectivity index (χ0n) is 7.36. The Morgan fingerprint density at radius 3 is 3.08 bits per heavy atom. The fraction of sp³-hybridized carbons (Fsp3) is 0.375. The van der Waals surface area contributed by atoms with Gasteiger partial charge in [0.25, 0.3) is 11.9 Å². The van der Waals surface area contributed by atoms with Crippen LogP contribution in [0, 0.1) is 4.91 Å². The molecule has 0 bridgehead atoms. The first kappa shape index (κ1) is 9.44. The van der Waals surface area contributed by atoms with Crippen LogP contribution in [0.4, 0.5) is 5.69 Å². The molecule has 0 radical (unpaired) electrons. The molecule has 5 heteroatoms. The summed E-state index contributed by atoms with van der Waals surface area (Å²) in [6.07, 6.45) is 3.52. The van der Waals surface area contributed by atoms with Gasteiger partial charge in [-0.15, -0.1) is 0 Å². The van der Waals surface area contributed by atoms with Crippen LogP contribution >= 0.6 is 0 Å². The van der Waals surface area contributed by atoms with Crippen molar-refractivity contribution in [2.24, 2.45) is 0 Å². The smallest absolute Gasteiger partial charge is 0.307 e. The maximum atomic E-state index is 10.4. The molecule has 0 atom stereocenters. The van der Waals surface area contributed by atoms with E-state index in [-0.39, 0.29) is 0 Å². The second kappa shape index (κ2) is 4.39. The second-order valence-corrected chi connectivity index (χ2v) is 2.55. The summed E-state index contributed by atoms with van der Waals surface area (Å²) in [6.45, 7) is 2.47. The van der Waals surface area contributed by atoms with E-state index in [1.807, 2.05) is 6.92 Å². The van der Waals surface area contributed by atoms with Crippen LogP contribution in [0.25, 0.3) is 0 Å². The molecule has 0 aromatic carbocycles. The summed E-state index contributed by atoms with van der Waals surface area (Å²) in [5.41, 5.74) is 0.318. The average molecular weight is 184 g/mol. The Bertz CT molecular complexity index is 301. The summed E-state index contributed by atoms with van der Waals surface area (Å²) < 4.78 is 6.05. The van der Waals surface area contributed by atoms with Gasteiger partial charge in [-0.05, 0) is 6.42 Å². The third-order valence-electron chi connectivity index (χ3n) is 1.48. The summed E-state index contributed by atoms with van der Waals surface area (Å²) in [6, 6.07) is 1.44. The van der Waals surface area contributed by atoms with Gasteiger partial charge in [0.2, 0.25) is 6.20 Å². The molecule has 1 heterocycles. The summed E-state index contributed by atoms with van der Waals surface area (Å²) in [4.78, 5) is 10.4. The molecule has 0 saturated carbocycles. The monoisotopic (exact) mass is 184 g/mol. The predicted octanol–water partition coefficient (Wildman–Crippen LogP) is -0.521. The van der Waals surface area contributed by atoms with Crippen molar-refractivity contribution >= 4 is 5.69 Å². The first-order valence-corrected chi connectivity index (χ1v) is 4.03. The molecular weight excluding hydrogens is 172 g/mol. The van der Waals surface area contributed by atoms with Gasteiger partial charge in [-0.3, -0.25) is 5.21 Å². The van der Waals surface area contributed by atoms with Crippen molar-refractivity contribution in [2.75, 3.05) is 6.61 Å². The van der Waals surface area contributed by atoms with Gasteiger partial charge < -0.3 is 4.74 Å². The van der Waals surface area contributed by atoms with E-state index in [9.17, 15) is 4.91 Å². The van der Waals surface area contributed by atoms with E-state index in [1.54, 1.807) is 5.18 Å². The topological polar surface area (TPSA) is 64.4 Å². The van der Waals surface area contributed by atoms with Gasteiger partial charge in [-0.25, -0.2) is 0 Å². The molecule has 0 saturated heterocycles. The highest BCUT2D eigenvalue weighted by molar-refractivity contribution is 5.40. The van der Waals surface area contributed by atoms with Gasteiger partial charge in [0.15, 0.2) is 0 Å². The molecule has 0 aliphatic heterocycles. The Kier molecular flexibility index (Phi) is 3.19. The Labute approximate surface area is 75.5 Å². The zero-order valence-corrected chi connectivity index (χ0v) is 7.36. The molecule has 13 heavy (non-hydrogen) atoms. The van der Waals surface area contributed by atoms with Crippen molar-refractivity contribution in [3.05, 3.63) is 23.4 Å². The Morgan fingerprint density at radius 1 is 1.69 bits per heavy atom. The summed E-state index contributed by atoms with van der Waals surface area (Å²) >= 11 is 0. The fourth-order valence-electron chi connectivity index (χ4n) is 0.877. The maximum Gasteiger partial charge on any atom is 0.307 e. The molecule has 5 nitrogen and oxygen atoms in total.